The van der Waals surface area contributed by atoms with Crippen molar-refractivity contribution in [1.29, 1.82) is 0 Å². The van der Waals surface area contributed by atoms with E-state index < -0.39 is 5.97 Å². The summed E-state index contributed by atoms with van der Waals surface area (Å²) in [6, 6.07) is 5.36. The van der Waals surface area contributed by atoms with Crippen LogP contribution in [0.4, 0.5) is 0 Å². The van der Waals surface area contributed by atoms with Crippen molar-refractivity contribution in [2.75, 3.05) is 13.2 Å². The Bertz CT molecular complexity index is 517. The van der Waals surface area contributed by atoms with E-state index in [2.05, 4.69) is 4.90 Å². The van der Waals surface area contributed by atoms with Gasteiger partial charge in [0.15, 0.2) is 0 Å². The topological polar surface area (TPSA) is 70.0 Å². The number of carbonyl (C=O) groups is 1. The van der Waals surface area contributed by atoms with Crippen LogP contribution in [0.5, 0.6) is 11.5 Å². The third kappa shape index (κ3) is 2.45. The molecule has 20 heavy (non-hydrogen) atoms. The summed E-state index contributed by atoms with van der Waals surface area (Å²) in [5, 5.41) is 18.6. The highest BCUT2D eigenvalue weighted by Crippen LogP contribution is 2.40. The van der Waals surface area contributed by atoms with Gasteiger partial charge in [0.25, 0.3) is 0 Å². The highest BCUT2D eigenvalue weighted by atomic mass is 16.5. The zero-order valence-corrected chi connectivity index (χ0v) is 11.3. The van der Waals surface area contributed by atoms with Crippen LogP contribution in [0, 0.1) is 0 Å². The van der Waals surface area contributed by atoms with Crippen molar-refractivity contribution in [3.8, 4) is 11.5 Å². The van der Waals surface area contributed by atoms with Crippen LogP contribution in [0.3, 0.4) is 0 Å². The van der Waals surface area contributed by atoms with Crippen LogP contribution in [0.25, 0.3) is 0 Å². The Kier molecular flexibility index (Phi) is 3.53. The summed E-state index contributed by atoms with van der Waals surface area (Å²) in [5.41, 5.74) is 1.06. The number of hydrogen-bond donors (Lipinski definition) is 2. The van der Waals surface area contributed by atoms with Crippen LogP contribution in [0.2, 0.25) is 0 Å². The molecule has 0 radical (unpaired) electrons. The lowest BCUT2D eigenvalue weighted by molar-refractivity contribution is -0.139. The number of phenolic OH excluding ortho intramolecular Hbond substituents is 1. The number of phenols is 1. The van der Waals surface area contributed by atoms with E-state index in [1.54, 1.807) is 12.1 Å². The largest absolute Gasteiger partial charge is 0.508 e. The van der Waals surface area contributed by atoms with E-state index in [9.17, 15) is 9.90 Å². The molecule has 0 bridgehead atoms. The zero-order valence-electron chi connectivity index (χ0n) is 11.3. The Balaban J connectivity index is 1.83. The first kappa shape index (κ1) is 13.2. The Hall–Kier alpha value is -1.75. The van der Waals surface area contributed by atoms with Crippen LogP contribution < -0.4 is 4.74 Å². The Morgan fingerprint density at radius 2 is 2.25 bits per heavy atom. The lowest BCUT2D eigenvalue weighted by Crippen LogP contribution is -2.43. The molecule has 2 aliphatic heterocycles. The van der Waals surface area contributed by atoms with Crippen LogP contribution >= 0.6 is 0 Å². The number of ether oxygens (including phenoxy) is 1. The number of nitrogens with zero attached hydrogens (tertiary/aromatic N) is 1. The Morgan fingerprint density at radius 3 is 3.05 bits per heavy atom. The zero-order chi connectivity index (χ0) is 14.1. The van der Waals surface area contributed by atoms with Gasteiger partial charge in [-0.25, -0.2) is 0 Å². The minimum atomic E-state index is -0.744. The monoisotopic (exact) mass is 277 g/mol. The molecule has 5 heteroatoms. The van der Waals surface area contributed by atoms with E-state index in [1.165, 1.54) is 0 Å². The standard InChI is InChI=1S/C15H19NO4/c17-11-4-5-12-13(9-20-14(12)8-11)16-6-2-1-3-10(16)7-15(18)19/h4-5,8,10,13,17H,1-3,6-7,9H2,(H,18,19). The van der Waals surface area contributed by atoms with Gasteiger partial charge in [0.1, 0.15) is 18.1 Å². The average Bonchev–Trinajstić information content (AvgIpc) is 2.81. The first-order valence-electron chi connectivity index (χ1n) is 7.08. The van der Waals surface area contributed by atoms with Crippen LogP contribution in [-0.2, 0) is 4.79 Å². The third-order valence-corrected chi connectivity index (χ3v) is 4.24. The van der Waals surface area contributed by atoms with Gasteiger partial charge in [-0.15, -0.1) is 0 Å². The number of likely N-dealkylation sites (tertiary alicyclic amines) is 1. The predicted octanol–water partition coefficient (Wildman–Crippen LogP) is 2.15. The van der Waals surface area contributed by atoms with Crippen molar-refractivity contribution in [2.45, 2.75) is 37.8 Å². The van der Waals surface area contributed by atoms with E-state index in [0.29, 0.717) is 6.61 Å². The fourth-order valence-electron chi connectivity index (χ4n) is 3.31. The maximum absolute atomic E-state index is 11.0. The van der Waals surface area contributed by atoms with E-state index in [-0.39, 0.29) is 24.3 Å². The molecule has 0 saturated carbocycles. The molecule has 108 valence electrons. The maximum atomic E-state index is 11.0. The summed E-state index contributed by atoms with van der Waals surface area (Å²) in [5.74, 6) is 0.173. The number of aliphatic carboxylic acids is 1. The second-order valence-corrected chi connectivity index (χ2v) is 5.53. The molecular formula is C15H19NO4. The minimum absolute atomic E-state index is 0.0783. The average molecular weight is 277 g/mol. The number of rotatable bonds is 3. The number of aromatic hydroxyl groups is 1. The van der Waals surface area contributed by atoms with Gasteiger partial charge in [-0.05, 0) is 31.5 Å². The van der Waals surface area contributed by atoms with Gasteiger partial charge < -0.3 is 14.9 Å². The molecule has 5 nitrogen and oxygen atoms in total. The molecule has 2 atom stereocenters. The molecular weight excluding hydrogens is 258 g/mol. The van der Waals surface area contributed by atoms with Gasteiger partial charge in [-0.2, -0.15) is 0 Å². The van der Waals surface area contributed by atoms with Crippen molar-refractivity contribution in [3.63, 3.8) is 0 Å². The molecule has 2 N–H and O–H groups in total. The van der Waals surface area contributed by atoms with Crippen molar-refractivity contribution >= 4 is 5.97 Å². The van der Waals surface area contributed by atoms with Gasteiger partial charge in [0.2, 0.25) is 0 Å². The van der Waals surface area contributed by atoms with Gasteiger partial charge in [-0.3, -0.25) is 9.69 Å². The highest BCUT2D eigenvalue weighted by molar-refractivity contribution is 5.67. The Morgan fingerprint density at radius 1 is 1.40 bits per heavy atom. The lowest BCUT2D eigenvalue weighted by atomic mass is 9.95. The molecule has 0 spiro atoms. The highest BCUT2D eigenvalue weighted by Gasteiger charge is 2.35. The van der Waals surface area contributed by atoms with Gasteiger partial charge in [0, 0.05) is 17.7 Å². The number of fused-ring (bicyclic) bond motifs is 1. The summed E-state index contributed by atoms with van der Waals surface area (Å²) < 4.78 is 5.65. The summed E-state index contributed by atoms with van der Waals surface area (Å²) in [4.78, 5) is 13.3. The fraction of sp³-hybridized carbons (Fsp3) is 0.533. The van der Waals surface area contributed by atoms with E-state index in [4.69, 9.17) is 9.84 Å². The second-order valence-electron chi connectivity index (χ2n) is 5.53. The van der Waals surface area contributed by atoms with Crippen molar-refractivity contribution in [2.24, 2.45) is 0 Å². The predicted molar refractivity (Wildman–Crippen MR) is 72.9 cm³/mol. The number of piperidine rings is 1. The molecule has 2 heterocycles. The molecule has 1 aromatic carbocycles. The first-order valence-corrected chi connectivity index (χ1v) is 7.08. The normalized spacial score (nSPS) is 26.0. The van der Waals surface area contributed by atoms with E-state index >= 15 is 0 Å². The van der Waals surface area contributed by atoms with Crippen molar-refractivity contribution in [1.82, 2.24) is 4.90 Å². The summed E-state index contributed by atoms with van der Waals surface area (Å²) in [6.07, 6.45) is 3.30. The van der Waals surface area contributed by atoms with Gasteiger partial charge in [-0.1, -0.05) is 6.42 Å². The Labute approximate surface area is 117 Å². The molecule has 1 aromatic rings. The number of carboxylic acid groups (broad SMARTS) is 1. The lowest BCUT2D eigenvalue weighted by Gasteiger charge is -2.38. The third-order valence-electron chi connectivity index (χ3n) is 4.24. The molecule has 2 unspecified atom stereocenters. The molecule has 3 rings (SSSR count). The van der Waals surface area contributed by atoms with Crippen LogP contribution in [-0.4, -0.2) is 40.3 Å². The summed E-state index contributed by atoms with van der Waals surface area (Å²) >= 11 is 0. The summed E-state index contributed by atoms with van der Waals surface area (Å²) in [6.45, 7) is 1.45. The quantitative estimate of drug-likeness (QED) is 0.886. The van der Waals surface area contributed by atoms with Gasteiger partial charge in [0.05, 0.1) is 12.5 Å². The molecule has 0 aliphatic carbocycles. The molecule has 2 aliphatic rings. The maximum Gasteiger partial charge on any atom is 0.304 e. The SMILES string of the molecule is O=C(O)CC1CCCCN1C1COc2cc(O)ccc21. The van der Waals surface area contributed by atoms with E-state index in [0.717, 1.165) is 37.1 Å². The molecule has 0 amide bonds. The van der Waals surface area contributed by atoms with Crippen LogP contribution in [0.1, 0.15) is 37.3 Å². The first-order chi connectivity index (χ1) is 9.65. The van der Waals surface area contributed by atoms with Gasteiger partial charge >= 0.3 is 5.97 Å². The molecule has 1 saturated heterocycles. The number of hydrogen-bond acceptors (Lipinski definition) is 4. The molecule has 1 fully saturated rings. The minimum Gasteiger partial charge on any atom is -0.508 e. The van der Waals surface area contributed by atoms with E-state index in [1.807, 2.05) is 6.07 Å². The summed E-state index contributed by atoms with van der Waals surface area (Å²) in [7, 11) is 0. The van der Waals surface area contributed by atoms with Crippen LogP contribution in [0.15, 0.2) is 18.2 Å². The second kappa shape index (κ2) is 5.32. The van der Waals surface area contributed by atoms with Crippen molar-refractivity contribution < 1.29 is 19.7 Å². The number of carboxylic acids is 1. The fourth-order valence-corrected chi connectivity index (χ4v) is 3.31. The van der Waals surface area contributed by atoms with Crippen molar-refractivity contribution in [3.05, 3.63) is 23.8 Å². The number of benzene rings is 1. The molecule has 0 aromatic heterocycles. The smallest absolute Gasteiger partial charge is 0.304 e.